The zero-order chi connectivity index (χ0) is 31.3. The average Bonchev–Trinajstić information content (AvgIpc) is 3.28. The minimum atomic E-state index is -4.22. The van der Waals surface area contributed by atoms with Crippen LogP contribution in [0.25, 0.3) is 22.6 Å². The SMILES string of the molecule is C[N+](C)(C)CC(=O)[O-].O=C(O)CCCCCNC(=O)Nc1ccc2nc(-c3cc[n+](CCCS(=O)(=O)[O-])cc3)oc2c1. The number of nitrogens with one attached hydrogen (secondary N) is 2. The number of benzene rings is 1. The van der Waals surface area contributed by atoms with Crippen LogP contribution in [0.15, 0.2) is 47.1 Å². The lowest BCUT2D eigenvalue weighted by atomic mass is 10.2. The van der Waals surface area contributed by atoms with Crippen molar-refractivity contribution < 1.29 is 51.0 Å². The Bertz CT molecular complexity index is 1450. The molecule has 15 heteroatoms. The Balaban J connectivity index is 0.000000675. The molecule has 0 radical (unpaired) electrons. The predicted molar refractivity (Wildman–Crippen MR) is 150 cm³/mol. The zero-order valence-corrected chi connectivity index (χ0v) is 24.7. The highest BCUT2D eigenvalue weighted by Gasteiger charge is 2.12. The molecule has 0 saturated carbocycles. The number of hydrogen-bond donors (Lipinski definition) is 3. The Labute approximate surface area is 244 Å². The van der Waals surface area contributed by atoms with Crippen LogP contribution in [0.4, 0.5) is 10.5 Å². The minimum Gasteiger partial charge on any atom is -0.748 e. The molecule has 0 fully saturated rings. The Hall–Kier alpha value is -4.08. The van der Waals surface area contributed by atoms with E-state index in [9.17, 15) is 32.5 Å². The fraction of sp³-hybridized carbons (Fsp3) is 0.444. The molecule has 1 aromatic carbocycles. The summed E-state index contributed by atoms with van der Waals surface area (Å²) < 4.78 is 40.1. The molecule has 230 valence electrons. The van der Waals surface area contributed by atoms with E-state index in [-0.39, 0.29) is 25.4 Å². The molecular formula is C27H37N5O9S. The van der Waals surface area contributed by atoms with Gasteiger partial charge in [-0.3, -0.25) is 4.79 Å². The van der Waals surface area contributed by atoms with Gasteiger partial charge in [-0.2, -0.15) is 0 Å². The summed E-state index contributed by atoms with van der Waals surface area (Å²) in [5, 5.41) is 24.0. The molecule has 0 spiro atoms. The number of nitrogens with zero attached hydrogens (tertiary/aromatic N) is 3. The third-order valence-corrected chi connectivity index (χ3v) is 6.34. The molecule has 3 N–H and O–H groups in total. The van der Waals surface area contributed by atoms with Crippen LogP contribution in [0, 0.1) is 0 Å². The van der Waals surface area contributed by atoms with Crippen molar-refractivity contribution in [2.24, 2.45) is 0 Å². The lowest BCUT2D eigenvalue weighted by Gasteiger charge is -2.23. The molecule has 0 atom stereocenters. The van der Waals surface area contributed by atoms with E-state index in [0.29, 0.717) is 53.1 Å². The number of fused-ring (bicyclic) bond motifs is 1. The first-order valence-corrected chi connectivity index (χ1v) is 14.8. The van der Waals surface area contributed by atoms with E-state index in [1.54, 1.807) is 68.4 Å². The number of rotatable bonds is 14. The minimum absolute atomic E-state index is 0.0694. The molecule has 3 rings (SSSR count). The van der Waals surface area contributed by atoms with Crippen LogP contribution in [0.5, 0.6) is 0 Å². The Morgan fingerprint density at radius 3 is 2.31 bits per heavy atom. The van der Waals surface area contributed by atoms with Crippen molar-refractivity contribution in [3.8, 4) is 11.5 Å². The molecule has 2 heterocycles. The van der Waals surface area contributed by atoms with Crippen molar-refractivity contribution in [3.63, 3.8) is 0 Å². The molecule has 2 aromatic heterocycles. The second-order valence-corrected chi connectivity index (χ2v) is 12.1. The monoisotopic (exact) mass is 607 g/mol. The number of carboxylic acids is 2. The Kier molecular flexibility index (Phi) is 12.8. The van der Waals surface area contributed by atoms with Gasteiger partial charge in [0.2, 0.25) is 5.89 Å². The van der Waals surface area contributed by atoms with Gasteiger partial charge < -0.3 is 39.1 Å². The van der Waals surface area contributed by atoms with Crippen LogP contribution >= 0.6 is 0 Å². The van der Waals surface area contributed by atoms with E-state index >= 15 is 0 Å². The lowest BCUT2D eigenvalue weighted by molar-refractivity contribution is -0.864. The van der Waals surface area contributed by atoms with E-state index in [1.165, 1.54) is 0 Å². The molecule has 0 saturated heterocycles. The van der Waals surface area contributed by atoms with Gasteiger partial charge in [0.1, 0.15) is 18.6 Å². The first-order valence-electron chi connectivity index (χ1n) is 13.2. The van der Waals surface area contributed by atoms with Gasteiger partial charge >= 0.3 is 12.0 Å². The fourth-order valence-corrected chi connectivity index (χ4v) is 4.12. The molecule has 3 aromatic rings. The number of pyridine rings is 1. The summed E-state index contributed by atoms with van der Waals surface area (Å²) in [5.41, 5.74) is 2.38. The highest BCUT2D eigenvalue weighted by Crippen LogP contribution is 2.25. The van der Waals surface area contributed by atoms with Gasteiger partial charge in [-0.15, -0.1) is 0 Å². The highest BCUT2D eigenvalue weighted by molar-refractivity contribution is 7.85. The normalized spacial score (nSPS) is 11.4. The maximum Gasteiger partial charge on any atom is 0.319 e. The molecule has 0 unspecified atom stereocenters. The van der Waals surface area contributed by atoms with Crippen molar-refractivity contribution in [2.75, 3.05) is 45.3 Å². The largest absolute Gasteiger partial charge is 0.748 e. The molecule has 0 bridgehead atoms. The molecule has 42 heavy (non-hydrogen) atoms. The van der Waals surface area contributed by atoms with Gasteiger partial charge in [0.05, 0.1) is 37.2 Å². The van der Waals surface area contributed by atoms with Crippen LogP contribution in [0.2, 0.25) is 0 Å². The Morgan fingerprint density at radius 1 is 1.05 bits per heavy atom. The zero-order valence-electron chi connectivity index (χ0n) is 23.9. The third-order valence-electron chi connectivity index (χ3n) is 5.55. The standard InChI is InChI=1S/C22H26N4O7S.C5H11NO2/c27-20(28)5-2-1-3-10-23-22(29)24-17-6-7-18-19(15-17)33-21(25-18)16-8-12-26(13-9-16)11-4-14-34(30,31)32;1-6(2,3)4-5(7)8/h6-9,12-13,15H,1-5,10-11,14H2,(H3,23,27,28,29,30,31,32);4H2,1-3H3. The van der Waals surface area contributed by atoms with E-state index in [4.69, 9.17) is 9.52 Å². The predicted octanol–water partition coefficient (Wildman–Crippen LogP) is 0.927. The van der Waals surface area contributed by atoms with Gasteiger partial charge in [0.15, 0.2) is 18.0 Å². The van der Waals surface area contributed by atoms with Crippen LogP contribution in [-0.4, -0.2) is 85.5 Å². The number of carbonyl (C=O) groups is 3. The number of unbranched alkanes of at least 4 members (excludes halogenated alkanes) is 2. The number of quaternary nitrogens is 1. The van der Waals surface area contributed by atoms with Crippen LogP contribution < -0.4 is 20.3 Å². The summed E-state index contributed by atoms with van der Waals surface area (Å²) in [4.78, 5) is 36.9. The molecule has 14 nitrogen and oxygen atoms in total. The number of aliphatic carboxylic acids is 2. The summed E-state index contributed by atoms with van der Waals surface area (Å²) >= 11 is 0. The number of anilines is 1. The molecule has 0 aliphatic rings. The van der Waals surface area contributed by atoms with Crippen molar-refractivity contribution in [3.05, 3.63) is 42.7 Å². The number of amides is 2. The smallest absolute Gasteiger partial charge is 0.319 e. The number of carboxylic acid groups (broad SMARTS) is 2. The van der Waals surface area contributed by atoms with E-state index < -0.39 is 27.8 Å². The second-order valence-electron chi connectivity index (χ2n) is 10.5. The number of aromatic nitrogens is 2. The number of aryl methyl sites for hydroxylation is 1. The van der Waals surface area contributed by atoms with Crippen molar-refractivity contribution in [1.29, 1.82) is 0 Å². The van der Waals surface area contributed by atoms with Crippen LogP contribution in [0.1, 0.15) is 32.1 Å². The molecule has 0 aliphatic carbocycles. The van der Waals surface area contributed by atoms with Gasteiger partial charge in [0, 0.05) is 54.6 Å². The third kappa shape index (κ3) is 14.0. The topological polar surface area (TPSA) is 206 Å². The first kappa shape index (κ1) is 34.1. The number of urea groups is 1. The summed E-state index contributed by atoms with van der Waals surface area (Å²) in [6, 6.07) is 8.30. The van der Waals surface area contributed by atoms with Crippen LogP contribution in [0.3, 0.4) is 0 Å². The van der Waals surface area contributed by atoms with Gasteiger partial charge in [-0.25, -0.2) is 22.8 Å². The van der Waals surface area contributed by atoms with Crippen molar-refractivity contribution >= 4 is 44.9 Å². The first-order chi connectivity index (χ1) is 19.6. The lowest BCUT2D eigenvalue weighted by Crippen LogP contribution is -2.45. The summed E-state index contributed by atoms with van der Waals surface area (Å²) in [7, 11) is 1.19. The van der Waals surface area contributed by atoms with Gasteiger partial charge in [-0.1, -0.05) is 6.42 Å². The van der Waals surface area contributed by atoms with Gasteiger partial charge in [-0.05, 0) is 25.0 Å². The summed E-state index contributed by atoms with van der Waals surface area (Å²) in [5.74, 6) is -1.84. The van der Waals surface area contributed by atoms with Crippen molar-refractivity contribution in [2.45, 2.75) is 38.6 Å². The maximum absolute atomic E-state index is 12.1. The van der Waals surface area contributed by atoms with E-state index in [2.05, 4.69) is 15.6 Å². The summed E-state index contributed by atoms with van der Waals surface area (Å²) in [6.07, 6.45) is 5.86. The number of hydrogen-bond acceptors (Lipinski definition) is 9. The molecule has 2 amide bonds. The van der Waals surface area contributed by atoms with Crippen LogP contribution in [-0.2, 0) is 26.3 Å². The van der Waals surface area contributed by atoms with Crippen molar-refractivity contribution in [1.82, 2.24) is 10.3 Å². The molecule has 0 aliphatic heterocycles. The quantitative estimate of drug-likeness (QED) is 0.102. The number of carbonyl (C=O) groups excluding carboxylic acids is 2. The molecular weight excluding hydrogens is 570 g/mol. The van der Waals surface area contributed by atoms with E-state index in [1.807, 2.05) is 0 Å². The van der Waals surface area contributed by atoms with Gasteiger partial charge in [0.25, 0.3) is 0 Å². The Morgan fingerprint density at radius 2 is 1.74 bits per heavy atom. The average molecular weight is 608 g/mol. The highest BCUT2D eigenvalue weighted by atomic mass is 32.2. The fourth-order valence-electron chi connectivity index (χ4n) is 3.64. The van der Waals surface area contributed by atoms with E-state index in [0.717, 1.165) is 12.0 Å². The maximum atomic E-state index is 12.1. The number of likely N-dealkylation sites (N-methyl/N-ethyl adjacent to an activating group) is 1. The second kappa shape index (κ2) is 15.8. The number of oxazole rings is 1. The summed E-state index contributed by atoms with van der Waals surface area (Å²) in [6.45, 7) is 0.912.